The quantitative estimate of drug-likeness (QED) is 0.332. The van der Waals surface area contributed by atoms with Crippen molar-refractivity contribution in [3.05, 3.63) is 71.6 Å². The molecule has 0 saturated carbocycles. The van der Waals surface area contributed by atoms with E-state index in [2.05, 4.69) is 21.9 Å². The summed E-state index contributed by atoms with van der Waals surface area (Å²) >= 11 is 0. The molecule has 0 aliphatic carbocycles. The molecule has 13 nitrogen and oxygen atoms in total. The van der Waals surface area contributed by atoms with Gasteiger partial charge in [0.15, 0.2) is 11.6 Å². The molecule has 6 rings (SSSR count). The van der Waals surface area contributed by atoms with E-state index < -0.39 is 6.03 Å². The van der Waals surface area contributed by atoms with Gasteiger partial charge in [0.05, 0.1) is 6.04 Å². The fourth-order valence-electron chi connectivity index (χ4n) is 5.41. The lowest BCUT2D eigenvalue weighted by Gasteiger charge is -2.33. The monoisotopic (exact) mass is 541 g/mol. The first-order chi connectivity index (χ1) is 19.3. The number of aromatic nitrogens is 4. The standard InChI is InChI=1S/C27H27N9O4/c1-2-21(38)34-10-3-4-19(34)25-32-26(23-24(28)29-9-11-36(23)25)35-13-12-33(15-22(35)39)27(40)30-17-6-7-18-16(14-17)5-8-20(37)31-18/h2,5-9,11,14,19H,1,3-4,10,12-13,15H2,(H2,28,29)(H,30,40)(H,31,37). The summed E-state index contributed by atoms with van der Waals surface area (Å²) in [6.07, 6.45) is 6.10. The minimum Gasteiger partial charge on any atom is -0.382 e. The predicted octanol–water partition coefficient (Wildman–Crippen LogP) is 1.88. The van der Waals surface area contributed by atoms with Crippen molar-refractivity contribution in [2.45, 2.75) is 18.9 Å². The van der Waals surface area contributed by atoms with Crippen LogP contribution in [0.2, 0.25) is 0 Å². The number of nitrogens with two attached hydrogens (primary N) is 1. The Bertz CT molecular complexity index is 1740. The average Bonchev–Trinajstić information content (AvgIpc) is 3.58. The summed E-state index contributed by atoms with van der Waals surface area (Å²) in [6.45, 7) is 4.50. The topological polar surface area (TPSA) is 162 Å². The second-order valence-corrected chi connectivity index (χ2v) is 9.74. The van der Waals surface area contributed by atoms with Crippen LogP contribution in [0.1, 0.15) is 24.7 Å². The first kappa shape index (κ1) is 25.1. The SMILES string of the molecule is C=CC(=O)N1CCCC1c1nc(N2CCN(C(=O)Nc3ccc4[nH]c(=O)ccc4c3)CC2=O)c2c(N)nccn12. The summed E-state index contributed by atoms with van der Waals surface area (Å²) in [7, 11) is 0. The fourth-order valence-corrected chi connectivity index (χ4v) is 5.41. The number of urea groups is 1. The molecular formula is C27H27N9O4. The van der Waals surface area contributed by atoms with Gasteiger partial charge in [-0.15, -0.1) is 0 Å². The van der Waals surface area contributed by atoms with Gasteiger partial charge in [-0.25, -0.2) is 14.8 Å². The summed E-state index contributed by atoms with van der Waals surface area (Å²) in [5.41, 5.74) is 7.72. The van der Waals surface area contributed by atoms with E-state index in [-0.39, 0.29) is 48.9 Å². The number of carbonyl (C=O) groups excluding carboxylic acids is 3. The number of nitrogens with zero attached hydrogens (tertiary/aromatic N) is 6. The zero-order valence-corrected chi connectivity index (χ0v) is 21.5. The lowest BCUT2D eigenvalue weighted by atomic mass is 10.2. The Morgan fingerprint density at radius 2 is 2.00 bits per heavy atom. The van der Waals surface area contributed by atoms with Crippen molar-refractivity contribution < 1.29 is 14.4 Å². The van der Waals surface area contributed by atoms with Crippen LogP contribution in [-0.2, 0) is 9.59 Å². The van der Waals surface area contributed by atoms with Gasteiger partial charge in [-0.2, -0.15) is 0 Å². The van der Waals surface area contributed by atoms with Crippen LogP contribution in [0.15, 0.2) is 60.2 Å². The average molecular weight is 542 g/mol. The van der Waals surface area contributed by atoms with Gasteiger partial charge in [0.2, 0.25) is 17.4 Å². The van der Waals surface area contributed by atoms with Gasteiger partial charge in [0.1, 0.15) is 17.9 Å². The van der Waals surface area contributed by atoms with Gasteiger partial charge in [-0.05, 0) is 43.2 Å². The van der Waals surface area contributed by atoms with Crippen LogP contribution in [0.25, 0.3) is 16.4 Å². The van der Waals surface area contributed by atoms with Crippen molar-refractivity contribution in [1.82, 2.24) is 29.2 Å². The van der Waals surface area contributed by atoms with Crippen molar-refractivity contribution in [1.29, 1.82) is 0 Å². The van der Waals surface area contributed by atoms with Crippen molar-refractivity contribution >= 4 is 51.6 Å². The molecule has 5 heterocycles. The highest BCUT2D eigenvalue weighted by molar-refractivity contribution is 6.03. The molecule has 4 amide bonds. The zero-order valence-electron chi connectivity index (χ0n) is 21.5. The predicted molar refractivity (Wildman–Crippen MR) is 149 cm³/mol. The fraction of sp³-hybridized carbons (Fsp3) is 0.259. The van der Waals surface area contributed by atoms with Crippen LogP contribution < -0.4 is 21.5 Å². The largest absolute Gasteiger partial charge is 0.382 e. The molecular weight excluding hydrogens is 514 g/mol. The van der Waals surface area contributed by atoms with Crippen LogP contribution >= 0.6 is 0 Å². The van der Waals surface area contributed by atoms with E-state index >= 15 is 0 Å². The van der Waals surface area contributed by atoms with Crippen LogP contribution in [-0.4, -0.2) is 73.2 Å². The summed E-state index contributed by atoms with van der Waals surface area (Å²) in [4.78, 5) is 66.8. The van der Waals surface area contributed by atoms with Gasteiger partial charge < -0.3 is 25.8 Å². The zero-order chi connectivity index (χ0) is 28.0. The maximum atomic E-state index is 13.4. The molecule has 1 aromatic carbocycles. The van der Waals surface area contributed by atoms with Crippen molar-refractivity contribution in [3.63, 3.8) is 0 Å². The number of imidazole rings is 1. The Balaban J connectivity index is 1.23. The highest BCUT2D eigenvalue weighted by Crippen LogP contribution is 2.36. The third-order valence-corrected chi connectivity index (χ3v) is 7.34. The number of anilines is 3. The molecule has 3 aromatic heterocycles. The van der Waals surface area contributed by atoms with E-state index in [1.165, 1.54) is 21.9 Å². The number of hydrogen-bond donors (Lipinski definition) is 3. The Kier molecular flexibility index (Phi) is 6.17. The Morgan fingerprint density at radius 3 is 2.80 bits per heavy atom. The number of nitrogens with one attached hydrogen (secondary N) is 2. The smallest absolute Gasteiger partial charge is 0.322 e. The van der Waals surface area contributed by atoms with Gasteiger partial charge in [0.25, 0.3) is 0 Å². The molecule has 2 aliphatic heterocycles. The van der Waals surface area contributed by atoms with Crippen LogP contribution in [0, 0.1) is 0 Å². The molecule has 0 radical (unpaired) electrons. The van der Waals surface area contributed by atoms with E-state index in [9.17, 15) is 19.2 Å². The minimum absolute atomic E-state index is 0.161. The Labute approximate surface area is 227 Å². The number of carbonyl (C=O) groups is 3. The number of nitrogen functional groups attached to an aromatic ring is 1. The van der Waals surface area contributed by atoms with Gasteiger partial charge >= 0.3 is 6.03 Å². The number of pyridine rings is 1. The van der Waals surface area contributed by atoms with E-state index in [1.54, 1.807) is 46.0 Å². The molecule has 204 valence electrons. The molecule has 4 aromatic rings. The van der Waals surface area contributed by atoms with Crippen molar-refractivity contribution in [2.75, 3.05) is 42.1 Å². The molecule has 0 spiro atoms. The number of piperazine rings is 1. The number of fused-ring (bicyclic) bond motifs is 2. The normalized spacial score (nSPS) is 17.6. The minimum atomic E-state index is -0.419. The Morgan fingerprint density at radius 1 is 1.15 bits per heavy atom. The number of hydrogen-bond acceptors (Lipinski definition) is 7. The number of H-pyrrole nitrogens is 1. The van der Waals surface area contributed by atoms with Crippen LogP contribution in [0.5, 0.6) is 0 Å². The van der Waals surface area contributed by atoms with Gasteiger partial charge in [0, 0.05) is 54.7 Å². The Hall–Kier alpha value is -5.20. The number of likely N-dealkylation sites (tertiary alicyclic amines) is 1. The second kappa shape index (κ2) is 9.84. The number of benzene rings is 1. The molecule has 40 heavy (non-hydrogen) atoms. The summed E-state index contributed by atoms with van der Waals surface area (Å²) in [6, 6.07) is 7.53. The van der Waals surface area contributed by atoms with E-state index in [4.69, 9.17) is 10.7 Å². The number of amides is 4. The number of aromatic amines is 1. The molecule has 0 bridgehead atoms. The lowest BCUT2D eigenvalue weighted by Crippen LogP contribution is -2.53. The van der Waals surface area contributed by atoms with E-state index in [1.807, 2.05) is 0 Å². The molecule has 4 N–H and O–H groups in total. The van der Waals surface area contributed by atoms with Crippen LogP contribution in [0.3, 0.4) is 0 Å². The third-order valence-electron chi connectivity index (χ3n) is 7.34. The molecule has 2 saturated heterocycles. The maximum Gasteiger partial charge on any atom is 0.322 e. The van der Waals surface area contributed by atoms with E-state index in [0.717, 1.165) is 11.8 Å². The van der Waals surface area contributed by atoms with Gasteiger partial charge in [-0.3, -0.25) is 23.7 Å². The second-order valence-electron chi connectivity index (χ2n) is 9.74. The first-order valence-corrected chi connectivity index (χ1v) is 12.9. The third kappa shape index (κ3) is 4.30. The molecule has 13 heteroatoms. The van der Waals surface area contributed by atoms with Crippen LogP contribution in [0.4, 0.5) is 22.1 Å². The first-order valence-electron chi connectivity index (χ1n) is 12.9. The summed E-state index contributed by atoms with van der Waals surface area (Å²) < 4.78 is 1.79. The molecule has 2 aliphatic rings. The maximum absolute atomic E-state index is 13.4. The van der Waals surface area contributed by atoms with Gasteiger partial charge in [-0.1, -0.05) is 6.58 Å². The van der Waals surface area contributed by atoms with Crippen molar-refractivity contribution in [3.8, 4) is 0 Å². The molecule has 2 fully saturated rings. The lowest BCUT2D eigenvalue weighted by molar-refractivity contribution is -0.127. The van der Waals surface area contributed by atoms with E-state index in [0.29, 0.717) is 41.3 Å². The summed E-state index contributed by atoms with van der Waals surface area (Å²) in [5, 5.41) is 3.59. The molecule has 1 unspecified atom stereocenters. The highest BCUT2D eigenvalue weighted by Gasteiger charge is 2.36. The summed E-state index contributed by atoms with van der Waals surface area (Å²) in [5.74, 6) is 0.655. The molecule has 1 atom stereocenters. The van der Waals surface area contributed by atoms with Crippen molar-refractivity contribution in [2.24, 2.45) is 0 Å². The highest BCUT2D eigenvalue weighted by atomic mass is 16.2. The number of rotatable bonds is 4.